The Bertz CT molecular complexity index is 835. The summed E-state index contributed by atoms with van der Waals surface area (Å²) < 4.78 is 0. The number of H-pyrrole nitrogens is 1. The van der Waals surface area contributed by atoms with Gasteiger partial charge in [-0.15, -0.1) is 0 Å². The Labute approximate surface area is 128 Å². The van der Waals surface area contributed by atoms with Crippen molar-refractivity contribution in [2.45, 2.75) is 6.92 Å². The fourth-order valence-electron chi connectivity index (χ4n) is 2.22. The van der Waals surface area contributed by atoms with Gasteiger partial charge in [-0.1, -0.05) is 36.4 Å². The predicted octanol–water partition coefficient (Wildman–Crippen LogP) is 3.63. The van der Waals surface area contributed by atoms with E-state index in [4.69, 9.17) is 0 Å². The first-order valence-corrected chi connectivity index (χ1v) is 6.96. The molecule has 0 unspecified atom stereocenters. The monoisotopic (exact) mass is 292 g/mol. The molecular weight excluding hydrogens is 276 g/mol. The topological polar surface area (TPSA) is 69.3 Å². The summed E-state index contributed by atoms with van der Waals surface area (Å²) in [5.41, 5.74) is 6.19. The van der Waals surface area contributed by atoms with Crippen molar-refractivity contribution in [1.29, 1.82) is 0 Å². The van der Waals surface area contributed by atoms with E-state index in [0.29, 0.717) is 0 Å². The van der Waals surface area contributed by atoms with Crippen LogP contribution in [0.1, 0.15) is 11.1 Å². The highest BCUT2D eigenvalue weighted by Crippen LogP contribution is 2.15. The van der Waals surface area contributed by atoms with Crippen molar-refractivity contribution in [2.75, 3.05) is 5.32 Å². The summed E-state index contributed by atoms with van der Waals surface area (Å²) in [7, 11) is 0. The summed E-state index contributed by atoms with van der Waals surface area (Å²) in [6, 6.07) is 15.1. The number of hydrogen-bond donors (Lipinski definition) is 3. The molecule has 3 aromatic rings. The molecule has 2 aromatic carbocycles. The first-order chi connectivity index (χ1) is 10.7. The van der Waals surface area contributed by atoms with Crippen LogP contribution in [0.4, 0.5) is 10.5 Å². The maximum atomic E-state index is 11.8. The number of rotatable bonds is 3. The molecule has 3 N–H and O–H groups in total. The first kappa shape index (κ1) is 13.9. The molecule has 0 aliphatic heterocycles. The fraction of sp³-hybridized carbons (Fsp3) is 0.0588. The Morgan fingerprint density at radius 2 is 1.91 bits per heavy atom. The number of fused-ring (bicyclic) bond motifs is 1. The molecule has 5 nitrogen and oxygen atoms in total. The van der Waals surface area contributed by atoms with Gasteiger partial charge in [0.1, 0.15) is 0 Å². The zero-order valence-electron chi connectivity index (χ0n) is 12.1. The van der Waals surface area contributed by atoms with Crippen molar-refractivity contribution >= 4 is 28.8 Å². The van der Waals surface area contributed by atoms with Crippen LogP contribution in [-0.4, -0.2) is 17.2 Å². The summed E-state index contributed by atoms with van der Waals surface area (Å²) in [4.78, 5) is 15.0. The number of urea groups is 1. The number of nitrogens with zero attached hydrogens (tertiary/aromatic N) is 1. The van der Waals surface area contributed by atoms with Gasteiger partial charge in [-0.2, -0.15) is 5.10 Å². The van der Waals surface area contributed by atoms with Crippen LogP contribution in [0.5, 0.6) is 0 Å². The van der Waals surface area contributed by atoms with E-state index in [1.165, 1.54) is 0 Å². The number of anilines is 1. The summed E-state index contributed by atoms with van der Waals surface area (Å²) in [5.74, 6) is 0. The van der Waals surface area contributed by atoms with Crippen LogP contribution in [-0.2, 0) is 0 Å². The second-order valence-corrected chi connectivity index (χ2v) is 4.93. The van der Waals surface area contributed by atoms with E-state index in [1.807, 2.05) is 61.7 Å². The second-order valence-electron chi connectivity index (χ2n) is 4.93. The molecule has 1 aromatic heterocycles. The van der Waals surface area contributed by atoms with E-state index in [9.17, 15) is 4.79 Å². The molecule has 0 radical (unpaired) electrons. The number of hydrazone groups is 1. The summed E-state index contributed by atoms with van der Waals surface area (Å²) >= 11 is 0. The van der Waals surface area contributed by atoms with Crippen LogP contribution in [0.25, 0.3) is 10.9 Å². The smallest absolute Gasteiger partial charge is 0.339 e. The first-order valence-electron chi connectivity index (χ1n) is 6.96. The van der Waals surface area contributed by atoms with Gasteiger partial charge in [0.25, 0.3) is 0 Å². The highest BCUT2D eigenvalue weighted by molar-refractivity contribution is 5.99. The molecule has 0 aliphatic rings. The third-order valence-electron chi connectivity index (χ3n) is 3.38. The molecule has 110 valence electrons. The van der Waals surface area contributed by atoms with E-state index in [2.05, 4.69) is 20.8 Å². The number of para-hydroxylation sites is 2. The standard InChI is InChI=1S/C17H16N4O/c1-12-6-2-4-8-15(12)20-17(22)21-19-11-13-10-18-16-9-5-3-7-14(13)16/h2-11,18H,1H3,(H2,20,21,22)/b19-11-. The molecule has 5 heteroatoms. The normalized spacial score (nSPS) is 11.0. The fourth-order valence-corrected chi connectivity index (χ4v) is 2.22. The number of nitrogens with one attached hydrogen (secondary N) is 3. The molecule has 0 fully saturated rings. The van der Waals surface area contributed by atoms with Crippen molar-refractivity contribution in [1.82, 2.24) is 10.4 Å². The lowest BCUT2D eigenvalue weighted by molar-refractivity contribution is 0.252. The molecule has 0 aliphatic carbocycles. The van der Waals surface area contributed by atoms with Crippen LogP contribution in [0.3, 0.4) is 0 Å². The molecule has 0 bridgehead atoms. The summed E-state index contributed by atoms with van der Waals surface area (Å²) in [6.45, 7) is 1.94. The molecule has 0 spiro atoms. The number of hydrogen-bond acceptors (Lipinski definition) is 2. The molecule has 0 atom stereocenters. The van der Waals surface area contributed by atoms with E-state index in [1.54, 1.807) is 6.21 Å². The minimum atomic E-state index is -0.370. The number of benzene rings is 2. The van der Waals surface area contributed by atoms with Gasteiger partial charge in [-0.3, -0.25) is 0 Å². The van der Waals surface area contributed by atoms with Crippen molar-refractivity contribution in [3.63, 3.8) is 0 Å². The SMILES string of the molecule is Cc1ccccc1NC(=O)N/N=C\c1c[nH]c2ccccc12. The summed E-state index contributed by atoms with van der Waals surface area (Å²) in [6.07, 6.45) is 3.48. The predicted molar refractivity (Wildman–Crippen MR) is 89.2 cm³/mol. The maximum absolute atomic E-state index is 11.8. The largest absolute Gasteiger partial charge is 0.361 e. The molecule has 0 saturated heterocycles. The van der Waals surface area contributed by atoms with Gasteiger partial charge < -0.3 is 10.3 Å². The Balaban J connectivity index is 1.65. The van der Waals surface area contributed by atoms with Gasteiger partial charge >= 0.3 is 6.03 Å². The lowest BCUT2D eigenvalue weighted by atomic mass is 10.2. The average molecular weight is 292 g/mol. The van der Waals surface area contributed by atoms with Crippen molar-refractivity contribution in [2.24, 2.45) is 5.10 Å². The Morgan fingerprint density at radius 3 is 2.77 bits per heavy atom. The van der Waals surface area contributed by atoms with E-state index < -0.39 is 0 Å². The van der Waals surface area contributed by atoms with Crippen LogP contribution < -0.4 is 10.7 Å². The van der Waals surface area contributed by atoms with Crippen LogP contribution in [0.15, 0.2) is 59.8 Å². The van der Waals surface area contributed by atoms with Gasteiger partial charge in [-0.05, 0) is 24.6 Å². The number of aryl methyl sites for hydroxylation is 1. The highest BCUT2D eigenvalue weighted by Gasteiger charge is 2.03. The number of aromatic nitrogens is 1. The third kappa shape index (κ3) is 2.98. The number of amides is 2. The Kier molecular flexibility index (Phi) is 3.87. The zero-order chi connectivity index (χ0) is 15.4. The maximum Gasteiger partial charge on any atom is 0.339 e. The van der Waals surface area contributed by atoms with Gasteiger partial charge in [0.05, 0.1) is 6.21 Å². The molecule has 1 heterocycles. The second kappa shape index (κ2) is 6.13. The lowest BCUT2D eigenvalue weighted by Gasteiger charge is -2.06. The van der Waals surface area contributed by atoms with Crippen molar-refractivity contribution in [3.8, 4) is 0 Å². The van der Waals surface area contributed by atoms with Crippen molar-refractivity contribution in [3.05, 3.63) is 65.9 Å². The Morgan fingerprint density at radius 1 is 1.14 bits per heavy atom. The molecule has 22 heavy (non-hydrogen) atoms. The van der Waals surface area contributed by atoms with Gasteiger partial charge in [0.2, 0.25) is 0 Å². The van der Waals surface area contributed by atoms with E-state index in [-0.39, 0.29) is 6.03 Å². The number of carbonyl (C=O) groups is 1. The zero-order valence-corrected chi connectivity index (χ0v) is 12.1. The molecule has 3 rings (SSSR count). The quantitative estimate of drug-likeness (QED) is 0.500. The highest BCUT2D eigenvalue weighted by atomic mass is 16.2. The molecule has 2 amide bonds. The molecular formula is C17H16N4O. The van der Waals surface area contributed by atoms with Crippen LogP contribution in [0, 0.1) is 6.92 Å². The lowest BCUT2D eigenvalue weighted by Crippen LogP contribution is -2.24. The van der Waals surface area contributed by atoms with Crippen molar-refractivity contribution < 1.29 is 4.79 Å². The van der Waals surface area contributed by atoms with E-state index in [0.717, 1.165) is 27.7 Å². The minimum absolute atomic E-state index is 0.370. The number of aromatic amines is 1. The van der Waals surface area contributed by atoms with Gasteiger partial charge in [0.15, 0.2) is 0 Å². The summed E-state index contributed by atoms with van der Waals surface area (Å²) in [5, 5.41) is 7.80. The molecule has 0 saturated carbocycles. The van der Waals surface area contributed by atoms with Crippen LogP contribution in [0.2, 0.25) is 0 Å². The van der Waals surface area contributed by atoms with E-state index >= 15 is 0 Å². The minimum Gasteiger partial charge on any atom is -0.361 e. The van der Waals surface area contributed by atoms with Gasteiger partial charge in [0, 0.05) is 28.4 Å². The average Bonchev–Trinajstić information content (AvgIpc) is 2.93. The van der Waals surface area contributed by atoms with Gasteiger partial charge in [-0.25, -0.2) is 10.2 Å². The third-order valence-corrected chi connectivity index (χ3v) is 3.38. The Hall–Kier alpha value is -3.08. The van der Waals surface area contributed by atoms with Crippen LogP contribution >= 0.6 is 0 Å². The number of carbonyl (C=O) groups excluding carboxylic acids is 1.